The van der Waals surface area contributed by atoms with Crippen LogP contribution < -0.4 is 5.32 Å². The first-order valence-corrected chi connectivity index (χ1v) is 6.04. The van der Waals surface area contributed by atoms with Gasteiger partial charge in [0.15, 0.2) is 0 Å². The van der Waals surface area contributed by atoms with E-state index in [9.17, 15) is 18.3 Å². The Hall–Kier alpha value is -2.01. The third kappa shape index (κ3) is 3.11. The summed E-state index contributed by atoms with van der Waals surface area (Å²) in [5.41, 5.74) is -0.282. The quantitative estimate of drug-likeness (QED) is 0.900. The van der Waals surface area contributed by atoms with Gasteiger partial charge in [0, 0.05) is 11.8 Å². The molecule has 0 aliphatic heterocycles. The van der Waals surface area contributed by atoms with E-state index in [2.05, 4.69) is 5.32 Å². The molecular weight excluding hydrogens is 267 g/mol. The highest BCUT2D eigenvalue weighted by Gasteiger charge is 2.27. The van der Waals surface area contributed by atoms with Gasteiger partial charge in [-0.15, -0.1) is 0 Å². The summed E-state index contributed by atoms with van der Waals surface area (Å²) in [6.07, 6.45) is 0. The number of hydrogen-bond donors (Lipinski definition) is 2. The van der Waals surface area contributed by atoms with E-state index in [1.54, 1.807) is 6.92 Å². The zero-order chi connectivity index (χ0) is 14.8. The Morgan fingerprint density at radius 1 is 0.950 bits per heavy atom. The monoisotopic (exact) mass is 281 g/mol. The van der Waals surface area contributed by atoms with Gasteiger partial charge in [-0.05, 0) is 48.9 Å². The Balaban J connectivity index is 2.35. The molecule has 2 aromatic carbocycles. The minimum Gasteiger partial charge on any atom is -0.394 e. The standard InChI is InChI=1S/C15H14F3NO/c1-15(9-20,10-6-12(17)8-13(18)7-10)19-14-4-2-11(16)3-5-14/h2-8,19-20H,9H2,1H3. The molecule has 0 fully saturated rings. The Labute approximate surface area is 114 Å². The summed E-state index contributed by atoms with van der Waals surface area (Å²) in [5, 5.41) is 12.5. The maximum atomic E-state index is 13.3. The van der Waals surface area contributed by atoms with Gasteiger partial charge in [-0.3, -0.25) is 0 Å². The van der Waals surface area contributed by atoms with Crippen LogP contribution in [-0.4, -0.2) is 11.7 Å². The summed E-state index contributed by atoms with van der Waals surface area (Å²) >= 11 is 0. The normalized spacial score (nSPS) is 13.8. The lowest BCUT2D eigenvalue weighted by molar-refractivity contribution is 0.223. The molecule has 1 atom stereocenters. The van der Waals surface area contributed by atoms with Crippen molar-refractivity contribution in [2.45, 2.75) is 12.5 Å². The average molecular weight is 281 g/mol. The maximum Gasteiger partial charge on any atom is 0.126 e. The van der Waals surface area contributed by atoms with Crippen LogP contribution in [-0.2, 0) is 5.54 Å². The highest BCUT2D eigenvalue weighted by Crippen LogP contribution is 2.27. The molecular formula is C15H14F3NO. The molecule has 2 N–H and O–H groups in total. The molecule has 0 aromatic heterocycles. The van der Waals surface area contributed by atoms with Crippen LogP contribution in [0.4, 0.5) is 18.9 Å². The van der Waals surface area contributed by atoms with Gasteiger partial charge in [-0.25, -0.2) is 13.2 Å². The van der Waals surface area contributed by atoms with Gasteiger partial charge in [0.1, 0.15) is 17.5 Å². The fourth-order valence-corrected chi connectivity index (χ4v) is 1.93. The second-order valence-corrected chi connectivity index (χ2v) is 4.78. The molecule has 0 radical (unpaired) electrons. The van der Waals surface area contributed by atoms with E-state index in [1.165, 1.54) is 24.3 Å². The number of halogens is 3. The van der Waals surface area contributed by atoms with Crippen LogP contribution >= 0.6 is 0 Å². The first-order valence-electron chi connectivity index (χ1n) is 6.04. The van der Waals surface area contributed by atoms with Crippen molar-refractivity contribution < 1.29 is 18.3 Å². The summed E-state index contributed by atoms with van der Waals surface area (Å²) < 4.78 is 39.4. The van der Waals surface area contributed by atoms with E-state index in [0.29, 0.717) is 5.69 Å². The van der Waals surface area contributed by atoms with E-state index >= 15 is 0 Å². The van der Waals surface area contributed by atoms with Crippen LogP contribution in [0.15, 0.2) is 42.5 Å². The van der Waals surface area contributed by atoms with Crippen LogP contribution in [0.5, 0.6) is 0 Å². The van der Waals surface area contributed by atoms with Crippen LogP contribution in [0.25, 0.3) is 0 Å². The van der Waals surface area contributed by atoms with Crippen molar-refractivity contribution in [1.82, 2.24) is 0 Å². The second-order valence-electron chi connectivity index (χ2n) is 4.78. The number of aliphatic hydroxyl groups excluding tert-OH is 1. The molecule has 5 heteroatoms. The Bertz CT molecular complexity index is 580. The van der Waals surface area contributed by atoms with E-state index in [0.717, 1.165) is 18.2 Å². The largest absolute Gasteiger partial charge is 0.394 e. The fraction of sp³-hybridized carbons (Fsp3) is 0.200. The number of nitrogens with one attached hydrogen (secondary N) is 1. The zero-order valence-corrected chi connectivity index (χ0v) is 10.8. The molecule has 2 aromatic rings. The fourth-order valence-electron chi connectivity index (χ4n) is 1.93. The third-order valence-electron chi connectivity index (χ3n) is 3.08. The molecule has 0 saturated heterocycles. The molecule has 2 nitrogen and oxygen atoms in total. The molecule has 0 heterocycles. The summed E-state index contributed by atoms with van der Waals surface area (Å²) in [5.74, 6) is -1.83. The SMILES string of the molecule is CC(CO)(Nc1ccc(F)cc1)c1cc(F)cc(F)c1. The van der Waals surface area contributed by atoms with Crippen LogP contribution in [0.3, 0.4) is 0 Å². The number of anilines is 1. The van der Waals surface area contributed by atoms with E-state index in [-0.39, 0.29) is 12.2 Å². The van der Waals surface area contributed by atoms with Crippen molar-refractivity contribution in [2.24, 2.45) is 0 Å². The van der Waals surface area contributed by atoms with Gasteiger partial charge >= 0.3 is 0 Å². The Morgan fingerprint density at radius 3 is 2.00 bits per heavy atom. The van der Waals surface area contributed by atoms with Crippen molar-refractivity contribution in [3.63, 3.8) is 0 Å². The Kier molecular flexibility index (Phi) is 3.99. The Morgan fingerprint density at radius 2 is 1.50 bits per heavy atom. The van der Waals surface area contributed by atoms with Gasteiger partial charge in [-0.2, -0.15) is 0 Å². The predicted molar refractivity (Wildman–Crippen MR) is 70.8 cm³/mol. The minimum atomic E-state index is -1.08. The van der Waals surface area contributed by atoms with E-state index in [4.69, 9.17) is 0 Å². The third-order valence-corrected chi connectivity index (χ3v) is 3.08. The van der Waals surface area contributed by atoms with E-state index < -0.39 is 23.0 Å². The lowest BCUT2D eigenvalue weighted by Gasteiger charge is -2.30. The molecule has 0 aliphatic rings. The van der Waals surface area contributed by atoms with Gasteiger partial charge < -0.3 is 10.4 Å². The highest BCUT2D eigenvalue weighted by molar-refractivity contribution is 5.48. The average Bonchev–Trinajstić information content (AvgIpc) is 2.40. The predicted octanol–water partition coefficient (Wildman–Crippen LogP) is 3.42. The lowest BCUT2D eigenvalue weighted by atomic mass is 9.92. The summed E-state index contributed by atoms with van der Waals surface area (Å²) in [6, 6.07) is 8.54. The van der Waals surface area contributed by atoms with Gasteiger partial charge in [-0.1, -0.05) is 0 Å². The number of rotatable bonds is 4. The second kappa shape index (κ2) is 5.54. The zero-order valence-electron chi connectivity index (χ0n) is 10.8. The van der Waals surface area contributed by atoms with Crippen molar-refractivity contribution in [3.05, 3.63) is 65.5 Å². The van der Waals surface area contributed by atoms with Crippen molar-refractivity contribution >= 4 is 5.69 Å². The topological polar surface area (TPSA) is 32.3 Å². The van der Waals surface area contributed by atoms with E-state index in [1.807, 2.05) is 0 Å². The first kappa shape index (κ1) is 14.4. The van der Waals surface area contributed by atoms with Crippen molar-refractivity contribution in [3.8, 4) is 0 Å². The minimum absolute atomic E-state index is 0.266. The lowest BCUT2D eigenvalue weighted by Crippen LogP contribution is -2.36. The molecule has 0 saturated carbocycles. The van der Waals surface area contributed by atoms with Crippen LogP contribution in [0.1, 0.15) is 12.5 Å². The molecule has 0 bridgehead atoms. The number of benzene rings is 2. The number of hydrogen-bond acceptors (Lipinski definition) is 2. The van der Waals surface area contributed by atoms with Crippen molar-refractivity contribution in [1.29, 1.82) is 0 Å². The van der Waals surface area contributed by atoms with Crippen molar-refractivity contribution in [2.75, 3.05) is 11.9 Å². The summed E-state index contributed by atoms with van der Waals surface area (Å²) in [4.78, 5) is 0. The molecule has 106 valence electrons. The van der Waals surface area contributed by atoms with Gasteiger partial charge in [0.25, 0.3) is 0 Å². The molecule has 1 unspecified atom stereocenters. The molecule has 0 aliphatic carbocycles. The smallest absolute Gasteiger partial charge is 0.126 e. The molecule has 2 rings (SSSR count). The highest BCUT2D eigenvalue weighted by atomic mass is 19.1. The molecule has 0 spiro atoms. The number of aliphatic hydroxyl groups is 1. The molecule has 0 amide bonds. The first-order chi connectivity index (χ1) is 9.43. The van der Waals surface area contributed by atoms with Gasteiger partial charge in [0.05, 0.1) is 12.1 Å². The summed E-state index contributed by atoms with van der Waals surface area (Å²) in [7, 11) is 0. The van der Waals surface area contributed by atoms with Crippen LogP contribution in [0.2, 0.25) is 0 Å². The summed E-state index contributed by atoms with van der Waals surface area (Å²) in [6.45, 7) is 1.22. The van der Waals surface area contributed by atoms with Gasteiger partial charge in [0.2, 0.25) is 0 Å². The maximum absolute atomic E-state index is 13.3. The van der Waals surface area contributed by atoms with Crippen LogP contribution in [0, 0.1) is 17.5 Å². The molecule has 20 heavy (non-hydrogen) atoms.